The summed E-state index contributed by atoms with van der Waals surface area (Å²) in [5.74, 6) is -3.66. The number of fused-ring (bicyclic) bond motifs is 2. The molecule has 324 valence electrons. The van der Waals surface area contributed by atoms with Crippen LogP contribution in [0.2, 0.25) is 0 Å². The highest BCUT2D eigenvalue weighted by Crippen LogP contribution is 2.26. The lowest BCUT2D eigenvalue weighted by molar-refractivity contribution is -0.158. The minimum Gasteiger partial charge on any atom is -0.461 e. The van der Waals surface area contributed by atoms with Crippen LogP contribution in [0.1, 0.15) is 51.5 Å². The number of morpholine rings is 1. The van der Waals surface area contributed by atoms with Crippen molar-refractivity contribution in [1.82, 2.24) is 35.6 Å². The van der Waals surface area contributed by atoms with Crippen molar-refractivity contribution in [2.75, 3.05) is 64.9 Å². The van der Waals surface area contributed by atoms with Crippen molar-refractivity contribution in [3.8, 4) is 0 Å². The Hall–Kier alpha value is -5.55. The quantitative estimate of drug-likeness (QED) is 0.252. The third kappa shape index (κ3) is 11.2. The molecule has 7 amide bonds. The van der Waals surface area contributed by atoms with E-state index >= 15 is 0 Å². The molecule has 17 nitrogen and oxygen atoms in total. The largest absolute Gasteiger partial charge is 0.461 e. The maximum atomic E-state index is 14.6. The number of cyclic esters (lactones) is 1. The van der Waals surface area contributed by atoms with Crippen LogP contribution in [0.15, 0.2) is 60.7 Å². The van der Waals surface area contributed by atoms with Gasteiger partial charge in [0, 0.05) is 45.3 Å². The van der Waals surface area contributed by atoms with Gasteiger partial charge >= 0.3 is 12.0 Å². The molecule has 0 spiro atoms. The predicted octanol–water partition coefficient (Wildman–Crippen LogP) is 1.13. The molecular weight excluding hydrogens is 773 g/mol. The van der Waals surface area contributed by atoms with Crippen molar-refractivity contribution < 1.29 is 43.0 Å². The lowest BCUT2D eigenvalue weighted by Gasteiger charge is -2.35. The predicted molar refractivity (Wildman–Crippen MR) is 220 cm³/mol. The van der Waals surface area contributed by atoms with Gasteiger partial charge in [0.05, 0.1) is 13.2 Å². The molecule has 0 radical (unpaired) electrons. The van der Waals surface area contributed by atoms with Crippen LogP contribution in [0.25, 0.3) is 0 Å². The number of likely N-dealkylation sites (N-methyl/N-ethyl adjacent to an activating group) is 1. The number of anilines is 1. The summed E-state index contributed by atoms with van der Waals surface area (Å²) in [5.41, 5.74) is 1.24. The topological polar surface area (TPSA) is 199 Å². The van der Waals surface area contributed by atoms with Crippen LogP contribution >= 0.6 is 0 Å². The minimum atomic E-state index is -1.46. The number of para-hydroxylation sites is 1. The van der Waals surface area contributed by atoms with Gasteiger partial charge in [-0.2, -0.15) is 0 Å². The van der Waals surface area contributed by atoms with E-state index < -0.39 is 84.4 Å². The van der Waals surface area contributed by atoms with Gasteiger partial charge in [-0.05, 0) is 69.2 Å². The van der Waals surface area contributed by atoms with Gasteiger partial charge in [-0.3, -0.25) is 28.9 Å². The fourth-order valence-electron chi connectivity index (χ4n) is 8.46. The van der Waals surface area contributed by atoms with Gasteiger partial charge in [0.1, 0.15) is 42.9 Å². The second-order valence-electron chi connectivity index (χ2n) is 16.2. The number of esters is 1. The summed E-state index contributed by atoms with van der Waals surface area (Å²) < 4.78 is 11.2. The number of rotatable bonds is 10. The first-order valence-electron chi connectivity index (χ1n) is 21.0. The maximum absolute atomic E-state index is 14.6. The number of carbonyl (C=O) groups excluding carboxylic acids is 7. The van der Waals surface area contributed by atoms with Gasteiger partial charge in [-0.15, -0.1) is 0 Å². The smallest absolute Gasteiger partial charge is 0.328 e. The Morgan fingerprint density at radius 1 is 0.867 bits per heavy atom. The van der Waals surface area contributed by atoms with Gasteiger partial charge < -0.3 is 45.4 Å². The SMILES string of the molecule is C[C@@H]1C[C@H]2C(=O)OC[C@H](NC(=O)[C@H](Cc3ccccc3)NC(=O)Nc3ccccc3)C(=O)N3CCC[C@H]3C(=O)N(C)[C@@H](CCCN3CCOCC3)C(=O)N[C@@H](C)C(=O)N2C1. The molecular formula is C43H58N8O9. The molecule has 4 aliphatic heterocycles. The van der Waals surface area contributed by atoms with Gasteiger partial charge in [0.25, 0.3) is 0 Å². The summed E-state index contributed by atoms with van der Waals surface area (Å²) >= 11 is 0. The Morgan fingerprint density at radius 2 is 1.57 bits per heavy atom. The molecule has 0 aromatic heterocycles. The highest BCUT2D eigenvalue weighted by atomic mass is 16.5. The van der Waals surface area contributed by atoms with Crippen LogP contribution in [0.3, 0.4) is 0 Å². The summed E-state index contributed by atoms with van der Waals surface area (Å²) in [7, 11) is 1.54. The summed E-state index contributed by atoms with van der Waals surface area (Å²) in [6.07, 6.45) is 2.02. The van der Waals surface area contributed by atoms with Crippen LogP contribution in [-0.4, -0.2) is 157 Å². The van der Waals surface area contributed by atoms with Crippen molar-refractivity contribution in [2.45, 2.75) is 88.6 Å². The fraction of sp³-hybridized carbons (Fsp3) is 0.558. The summed E-state index contributed by atoms with van der Waals surface area (Å²) in [6.45, 7) is 6.73. The van der Waals surface area contributed by atoms with Crippen LogP contribution in [0, 0.1) is 5.92 Å². The molecule has 0 aliphatic carbocycles. The van der Waals surface area contributed by atoms with E-state index in [0.29, 0.717) is 57.6 Å². The summed E-state index contributed by atoms with van der Waals surface area (Å²) in [5, 5.41) is 11.0. The molecule has 0 bridgehead atoms. The summed E-state index contributed by atoms with van der Waals surface area (Å²) in [6, 6.07) is 10.5. The van der Waals surface area contributed by atoms with Crippen molar-refractivity contribution >= 4 is 47.2 Å². The number of hydrogen-bond acceptors (Lipinski definition) is 10. The van der Waals surface area contributed by atoms with E-state index in [0.717, 1.165) is 18.7 Å². The molecule has 6 rings (SSSR count). The Labute approximate surface area is 350 Å². The third-order valence-corrected chi connectivity index (χ3v) is 11.7. The molecule has 4 saturated heterocycles. The van der Waals surface area contributed by atoms with Crippen molar-refractivity contribution in [3.05, 3.63) is 66.2 Å². The van der Waals surface area contributed by atoms with Crippen LogP contribution < -0.4 is 21.3 Å². The first-order valence-corrected chi connectivity index (χ1v) is 21.0. The monoisotopic (exact) mass is 830 g/mol. The Balaban J connectivity index is 1.28. The van der Waals surface area contributed by atoms with Gasteiger partial charge in [-0.1, -0.05) is 55.5 Å². The van der Waals surface area contributed by atoms with Crippen molar-refractivity contribution in [2.24, 2.45) is 5.92 Å². The highest BCUT2D eigenvalue weighted by molar-refractivity contribution is 5.98. The first kappa shape index (κ1) is 44.0. The normalized spacial score (nSPS) is 26.4. The number of nitrogens with zero attached hydrogens (tertiary/aromatic N) is 4. The zero-order valence-corrected chi connectivity index (χ0v) is 34.7. The first-order chi connectivity index (χ1) is 28.9. The highest BCUT2D eigenvalue weighted by Gasteiger charge is 2.45. The number of hydrogen-bond donors (Lipinski definition) is 4. The van der Waals surface area contributed by atoms with Crippen LogP contribution in [-0.2, 0) is 44.7 Å². The Bertz CT molecular complexity index is 1850. The molecule has 7 atom stereocenters. The van der Waals surface area contributed by atoms with Gasteiger partial charge in [-0.25, -0.2) is 9.59 Å². The number of carbonyl (C=O) groups is 7. The Morgan fingerprint density at radius 3 is 2.28 bits per heavy atom. The van der Waals surface area contributed by atoms with Crippen molar-refractivity contribution in [1.29, 1.82) is 0 Å². The zero-order chi connectivity index (χ0) is 42.8. The van der Waals surface area contributed by atoms with Gasteiger partial charge in [0.2, 0.25) is 29.5 Å². The van der Waals surface area contributed by atoms with E-state index in [2.05, 4.69) is 26.2 Å². The van der Waals surface area contributed by atoms with E-state index in [9.17, 15) is 33.6 Å². The second-order valence-corrected chi connectivity index (χ2v) is 16.2. The number of benzene rings is 2. The molecule has 4 heterocycles. The van der Waals surface area contributed by atoms with E-state index in [1.807, 2.05) is 13.0 Å². The molecule has 4 fully saturated rings. The molecule has 2 aromatic carbocycles. The van der Waals surface area contributed by atoms with Gasteiger partial charge in [0.15, 0.2) is 0 Å². The van der Waals surface area contributed by atoms with Crippen LogP contribution in [0.4, 0.5) is 10.5 Å². The number of nitrogens with one attached hydrogen (secondary N) is 4. The molecule has 60 heavy (non-hydrogen) atoms. The van der Waals surface area contributed by atoms with Crippen LogP contribution in [0.5, 0.6) is 0 Å². The fourth-order valence-corrected chi connectivity index (χ4v) is 8.46. The van der Waals surface area contributed by atoms with E-state index in [1.54, 1.807) is 61.5 Å². The molecule has 0 unspecified atom stereocenters. The van der Waals surface area contributed by atoms with E-state index in [-0.39, 0.29) is 25.4 Å². The average molecular weight is 831 g/mol. The number of urea groups is 1. The van der Waals surface area contributed by atoms with E-state index in [4.69, 9.17) is 9.47 Å². The third-order valence-electron chi connectivity index (χ3n) is 11.7. The number of ether oxygens (including phenoxy) is 2. The average Bonchev–Trinajstić information content (AvgIpc) is 3.90. The van der Waals surface area contributed by atoms with E-state index in [1.165, 1.54) is 21.7 Å². The second kappa shape index (κ2) is 20.6. The summed E-state index contributed by atoms with van der Waals surface area (Å²) in [4.78, 5) is 105. The lowest BCUT2D eigenvalue weighted by atomic mass is 10.0. The van der Waals surface area contributed by atoms with Crippen molar-refractivity contribution in [3.63, 3.8) is 0 Å². The molecule has 4 aliphatic rings. The Kier molecular flexibility index (Phi) is 15.1. The molecule has 2 aromatic rings. The molecule has 4 N–H and O–H groups in total. The minimum absolute atomic E-state index is 0.0649. The zero-order valence-electron chi connectivity index (χ0n) is 34.7. The molecule has 17 heteroatoms. The standard InChI is InChI=1S/C43H58N8O9/c1-28-24-36-42(57)60-27-33(46-37(52)32(25-30-12-6-4-7-13-30)47-43(58)45-31-14-8-5-9-15-31)40(55)50-19-11-17-35(50)41(56)48(3)34(16-10-18-49-20-22-59-23-21-49)38(53)44-29(2)39(54)51(36)26-28/h4-9,12-15,28-29,32-36H,10-11,16-27H2,1-3H3,(H,44,53)(H,46,52)(H2,45,47,58)/t28-,29+,32+,33+,34+,35+,36+/m1/s1. The number of amides is 7. The molecule has 0 saturated carbocycles. The maximum Gasteiger partial charge on any atom is 0.328 e. The lowest BCUT2D eigenvalue weighted by Crippen LogP contribution is -2.61.